The molecule has 114 valence electrons. The largest absolute Gasteiger partial charge is 0.491 e. The number of ether oxygens (including phenoxy) is 2. The molecule has 21 heavy (non-hydrogen) atoms. The van der Waals surface area contributed by atoms with E-state index in [1.807, 2.05) is 30.3 Å². The molecule has 0 saturated carbocycles. The van der Waals surface area contributed by atoms with Crippen molar-refractivity contribution in [2.75, 3.05) is 20.3 Å². The highest BCUT2D eigenvalue weighted by Gasteiger charge is 2.21. The van der Waals surface area contributed by atoms with Crippen LogP contribution in [0, 0.1) is 0 Å². The summed E-state index contributed by atoms with van der Waals surface area (Å²) in [7, 11) is 1.63. The van der Waals surface area contributed by atoms with Crippen LogP contribution < -0.4 is 16.0 Å². The van der Waals surface area contributed by atoms with E-state index in [1.165, 1.54) is 11.3 Å². The fraction of sp³-hybridized carbons (Fsp3) is 0.286. The van der Waals surface area contributed by atoms with Crippen LogP contribution in [0.1, 0.15) is 17.2 Å². The number of hydrogen-bond donors (Lipinski definition) is 2. The maximum absolute atomic E-state index is 6.23. The molecule has 3 N–H and O–H groups in total. The van der Waals surface area contributed by atoms with Crippen molar-refractivity contribution in [3.63, 3.8) is 0 Å². The molecule has 0 radical (unpaired) electrons. The van der Waals surface area contributed by atoms with Gasteiger partial charge in [0.05, 0.1) is 21.3 Å². The van der Waals surface area contributed by atoms with E-state index >= 15 is 0 Å². The molecule has 2 aromatic rings. The molecule has 0 spiro atoms. The van der Waals surface area contributed by atoms with Gasteiger partial charge in [-0.2, -0.15) is 0 Å². The highest BCUT2D eigenvalue weighted by Crippen LogP contribution is 2.39. The van der Waals surface area contributed by atoms with Gasteiger partial charge in [-0.3, -0.25) is 5.84 Å². The van der Waals surface area contributed by atoms with E-state index in [0.717, 1.165) is 16.9 Å². The van der Waals surface area contributed by atoms with Gasteiger partial charge in [-0.25, -0.2) is 5.43 Å². The van der Waals surface area contributed by atoms with Crippen molar-refractivity contribution in [1.82, 2.24) is 5.43 Å². The molecule has 1 aromatic heterocycles. The van der Waals surface area contributed by atoms with Crippen LogP contribution in [-0.4, -0.2) is 20.3 Å². The standard InChI is InChI=1S/C14H16Cl2N2O2S/c1-19-6-7-20-11-5-3-2-4-9(11)13(18-17)10-8-12(15)21-14(10)16/h2-5,8,13,18H,6-7,17H2,1H3. The van der Waals surface area contributed by atoms with E-state index in [4.69, 9.17) is 38.5 Å². The summed E-state index contributed by atoms with van der Waals surface area (Å²) in [6.45, 7) is 0.975. The minimum atomic E-state index is -0.292. The Hall–Kier alpha value is -0.820. The highest BCUT2D eigenvalue weighted by atomic mass is 35.5. The molecule has 1 unspecified atom stereocenters. The SMILES string of the molecule is COCCOc1ccccc1C(NN)c1cc(Cl)sc1Cl. The predicted molar refractivity (Wildman–Crippen MR) is 87.3 cm³/mol. The van der Waals surface area contributed by atoms with Crippen LogP contribution in [0.5, 0.6) is 5.75 Å². The van der Waals surface area contributed by atoms with Crippen molar-refractivity contribution in [3.05, 3.63) is 50.1 Å². The second-order valence-corrected chi connectivity index (χ2v) is 6.54. The van der Waals surface area contributed by atoms with Crippen LogP contribution in [0.3, 0.4) is 0 Å². The van der Waals surface area contributed by atoms with E-state index in [0.29, 0.717) is 21.9 Å². The number of para-hydroxylation sites is 1. The first-order chi connectivity index (χ1) is 10.2. The first-order valence-electron chi connectivity index (χ1n) is 6.29. The Morgan fingerprint density at radius 2 is 2.00 bits per heavy atom. The van der Waals surface area contributed by atoms with Gasteiger partial charge in [-0.05, 0) is 12.1 Å². The normalized spacial score (nSPS) is 12.4. The van der Waals surface area contributed by atoms with Crippen molar-refractivity contribution in [3.8, 4) is 5.75 Å². The lowest BCUT2D eigenvalue weighted by molar-refractivity contribution is 0.145. The number of benzene rings is 1. The van der Waals surface area contributed by atoms with Crippen molar-refractivity contribution in [2.24, 2.45) is 5.84 Å². The van der Waals surface area contributed by atoms with Gasteiger partial charge in [-0.15, -0.1) is 11.3 Å². The van der Waals surface area contributed by atoms with Crippen LogP contribution in [0.2, 0.25) is 8.67 Å². The monoisotopic (exact) mass is 346 g/mol. The number of nitrogens with one attached hydrogen (secondary N) is 1. The number of methoxy groups -OCH3 is 1. The molecule has 0 fully saturated rings. The van der Waals surface area contributed by atoms with E-state index in [9.17, 15) is 0 Å². The van der Waals surface area contributed by atoms with Gasteiger partial charge in [0.1, 0.15) is 12.4 Å². The second kappa shape index (κ2) is 7.98. The average Bonchev–Trinajstić information content (AvgIpc) is 2.80. The number of hydrogen-bond acceptors (Lipinski definition) is 5. The quantitative estimate of drug-likeness (QED) is 0.456. The van der Waals surface area contributed by atoms with Gasteiger partial charge in [0.2, 0.25) is 0 Å². The first kappa shape index (κ1) is 16.5. The summed E-state index contributed by atoms with van der Waals surface area (Å²) in [6.07, 6.45) is 0. The van der Waals surface area contributed by atoms with Gasteiger partial charge in [0.25, 0.3) is 0 Å². The number of halogens is 2. The maximum Gasteiger partial charge on any atom is 0.124 e. The molecule has 0 aliphatic rings. The maximum atomic E-state index is 6.23. The Kier molecular flexibility index (Phi) is 6.29. The molecule has 2 rings (SSSR count). The van der Waals surface area contributed by atoms with Gasteiger partial charge >= 0.3 is 0 Å². The lowest BCUT2D eigenvalue weighted by Crippen LogP contribution is -2.29. The molecule has 0 aliphatic carbocycles. The summed E-state index contributed by atoms with van der Waals surface area (Å²) in [4.78, 5) is 0. The molecule has 0 bridgehead atoms. The van der Waals surface area contributed by atoms with Crippen molar-refractivity contribution in [2.45, 2.75) is 6.04 Å². The fourth-order valence-corrected chi connectivity index (χ4v) is 3.51. The third-order valence-electron chi connectivity index (χ3n) is 2.94. The molecule has 0 aliphatic heterocycles. The number of hydrazine groups is 1. The number of nitrogens with two attached hydrogens (primary N) is 1. The Bertz CT molecular complexity index is 592. The van der Waals surface area contributed by atoms with Crippen molar-refractivity contribution < 1.29 is 9.47 Å². The Balaban J connectivity index is 2.31. The molecule has 7 heteroatoms. The van der Waals surface area contributed by atoms with E-state index in [1.54, 1.807) is 7.11 Å². The first-order valence-corrected chi connectivity index (χ1v) is 7.86. The molecule has 0 saturated heterocycles. The number of thiophene rings is 1. The van der Waals surface area contributed by atoms with Crippen LogP contribution in [0.15, 0.2) is 30.3 Å². The third-order valence-corrected chi connectivity index (χ3v) is 4.45. The Morgan fingerprint density at radius 1 is 1.24 bits per heavy atom. The van der Waals surface area contributed by atoms with E-state index in [-0.39, 0.29) is 6.04 Å². The molecule has 1 atom stereocenters. The number of rotatable bonds is 7. The Morgan fingerprint density at radius 3 is 2.62 bits per heavy atom. The Labute approximate surface area is 137 Å². The van der Waals surface area contributed by atoms with Crippen molar-refractivity contribution in [1.29, 1.82) is 0 Å². The van der Waals surface area contributed by atoms with E-state index < -0.39 is 0 Å². The minimum Gasteiger partial charge on any atom is -0.491 e. The summed E-state index contributed by atoms with van der Waals surface area (Å²) < 4.78 is 12.0. The highest BCUT2D eigenvalue weighted by molar-refractivity contribution is 7.20. The molecule has 1 heterocycles. The van der Waals surface area contributed by atoms with Crippen LogP contribution >= 0.6 is 34.5 Å². The minimum absolute atomic E-state index is 0.292. The zero-order valence-corrected chi connectivity index (χ0v) is 13.8. The smallest absolute Gasteiger partial charge is 0.124 e. The molecular weight excluding hydrogens is 331 g/mol. The summed E-state index contributed by atoms with van der Waals surface area (Å²) in [5.41, 5.74) is 4.50. The average molecular weight is 347 g/mol. The van der Waals surface area contributed by atoms with Crippen LogP contribution in [0.4, 0.5) is 0 Å². The molecular formula is C14H16Cl2N2O2S. The zero-order chi connectivity index (χ0) is 15.2. The van der Waals surface area contributed by atoms with E-state index in [2.05, 4.69) is 5.43 Å². The summed E-state index contributed by atoms with van der Waals surface area (Å²) in [6, 6.07) is 9.17. The van der Waals surface area contributed by atoms with Gasteiger partial charge in [0.15, 0.2) is 0 Å². The predicted octanol–water partition coefficient (Wildman–Crippen LogP) is 3.63. The van der Waals surface area contributed by atoms with Gasteiger partial charge in [0, 0.05) is 18.2 Å². The lowest BCUT2D eigenvalue weighted by atomic mass is 10.0. The molecule has 0 amide bonds. The van der Waals surface area contributed by atoms with Gasteiger partial charge in [-0.1, -0.05) is 41.4 Å². The zero-order valence-electron chi connectivity index (χ0n) is 11.4. The topological polar surface area (TPSA) is 56.5 Å². The van der Waals surface area contributed by atoms with Crippen LogP contribution in [-0.2, 0) is 4.74 Å². The third kappa shape index (κ3) is 4.10. The summed E-state index contributed by atoms with van der Waals surface area (Å²) >= 11 is 13.5. The molecule has 4 nitrogen and oxygen atoms in total. The summed E-state index contributed by atoms with van der Waals surface area (Å²) in [5, 5.41) is 0. The van der Waals surface area contributed by atoms with Gasteiger partial charge < -0.3 is 9.47 Å². The van der Waals surface area contributed by atoms with Crippen molar-refractivity contribution >= 4 is 34.5 Å². The van der Waals surface area contributed by atoms with Crippen LogP contribution in [0.25, 0.3) is 0 Å². The lowest BCUT2D eigenvalue weighted by Gasteiger charge is -2.19. The second-order valence-electron chi connectivity index (χ2n) is 4.26. The molecule has 1 aromatic carbocycles. The summed E-state index contributed by atoms with van der Waals surface area (Å²) in [5.74, 6) is 6.44. The fourth-order valence-electron chi connectivity index (χ4n) is 1.98.